The maximum Gasteiger partial charge on any atom is 0.246 e. The van der Waals surface area contributed by atoms with Crippen LogP contribution in [0, 0.1) is 5.92 Å². The van der Waals surface area contributed by atoms with Crippen LogP contribution in [0.1, 0.15) is 13.3 Å². The highest BCUT2D eigenvalue weighted by Crippen LogP contribution is 2.34. The predicted octanol–water partition coefficient (Wildman–Crippen LogP) is 1.91. The van der Waals surface area contributed by atoms with E-state index >= 15 is 0 Å². The summed E-state index contributed by atoms with van der Waals surface area (Å²) >= 11 is 0. The number of hydrogen-bond donors (Lipinski definition) is 2. The standard InChI is InChI=1S/C21H21N3O5/c1-13(20(26)23-15-7-8-17-18(10-15)29-12-28-17)22-21(27)14-9-19(25)24(11-14)16-5-3-2-4-6-16/h2-8,10,13-14H,9,11-12H2,1H3,(H,22,27)(H,23,26)/t13-,14-/m0/s1. The average Bonchev–Trinajstić information content (AvgIpc) is 3.34. The Hall–Kier alpha value is -3.55. The summed E-state index contributed by atoms with van der Waals surface area (Å²) in [6.45, 7) is 2.05. The Labute approximate surface area is 167 Å². The summed E-state index contributed by atoms with van der Waals surface area (Å²) in [5.74, 6) is -0.0907. The van der Waals surface area contributed by atoms with E-state index in [0.29, 0.717) is 23.7 Å². The highest BCUT2D eigenvalue weighted by molar-refractivity contribution is 6.02. The molecule has 3 amide bonds. The number of nitrogens with zero attached hydrogens (tertiary/aromatic N) is 1. The quantitative estimate of drug-likeness (QED) is 0.806. The minimum Gasteiger partial charge on any atom is -0.454 e. The third kappa shape index (κ3) is 4.01. The van der Waals surface area contributed by atoms with Gasteiger partial charge in [0.2, 0.25) is 24.5 Å². The molecule has 2 atom stereocenters. The van der Waals surface area contributed by atoms with Gasteiger partial charge >= 0.3 is 0 Å². The molecule has 2 aromatic rings. The first-order valence-corrected chi connectivity index (χ1v) is 9.37. The monoisotopic (exact) mass is 395 g/mol. The number of fused-ring (bicyclic) bond motifs is 1. The average molecular weight is 395 g/mol. The summed E-state index contributed by atoms with van der Waals surface area (Å²) in [5.41, 5.74) is 1.31. The van der Waals surface area contributed by atoms with Gasteiger partial charge in [0.05, 0.1) is 5.92 Å². The van der Waals surface area contributed by atoms with Gasteiger partial charge in [0, 0.05) is 30.4 Å². The van der Waals surface area contributed by atoms with Crippen LogP contribution in [-0.4, -0.2) is 37.1 Å². The molecule has 0 saturated carbocycles. The van der Waals surface area contributed by atoms with E-state index in [4.69, 9.17) is 9.47 Å². The number of carbonyl (C=O) groups excluding carboxylic acids is 3. The first-order chi connectivity index (χ1) is 14.0. The van der Waals surface area contributed by atoms with Gasteiger partial charge in [0.15, 0.2) is 11.5 Å². The molecule has 1 saturated heterocycles. The van der Waals surface area contributed by atoms with E-state index in [-0.39, 0.29) is 30.9 Å². The Bertz CT molecular complexity index is 947. The number of benzene rings is 2. The highest BCUT2D eigenvalue weighted by atomic mass is 16.7. The molecule has 4 rings (SSSR count). The number of nitrogens with one attached hydrogen (secondary N) is 2. The Morgan fingerprint density at radius 3 is 2.66 bits per heavy atom. The molecular formula is C21H21N3O5. The van der Waals surface area contributed by atoms with Crippen molar-refractivity contribution in [1.29, 1.82) is 0 Å². The zero-order chi connectivity index (χ0) is 20.4. The molecule has 2 N–H and O–H groups in total. The fourth-order valence-corrected chi connectivity index (χ4v) is 3.36. The van der Waals surface area contributed by atoms with Gasteiger partial charge in [-0.05, 0) is 31.2 Å². The molecule has 0 aliphatic carbocycles. The molecule has 0 unspecified atom stereocenters. The van der Waals surface area contributed by atoms with Gasteiger partial charge in [-0.3, -0.25) is 14.4 Å². The number of anilines is 2. The number of ether oxygens (including phenoxy) is 2. The molecule has 1 fully saturated rings. The molecular weight excluding hydrogens is 374 g/mol. The summed E-state index contributed by atoms with van der Waals surface area (Å²) < 4.78 is 10.5. The third-order valence-electron chi connectivity index (χ3n) is 4.96. The van der Waals surface area contributed by atoms with Crippen LogP contribution >= 0.6 is 0 Å². The van der Waals surface area contributed by atoms with E-state index < -0.39 is 12.0 Å². The van der Waals surface area contributed by atoms with Gasteiger partial charge in [-0.1, -0.05) is 18.2 Å². The number of amides is 3. The second-order valence-corrected chi connectivity index (χ2v) is 7.03. The van der Waals surface area contributed by atoms with Crippen molar-refractivity contribution in [2.24, 2.45) is 5.92 Å². The topological polar surface area (TPSA) is 97.0 Å². The minimum atomic E-state index is -0.756. The first-order valence-electron chi connectivity index (χ1n) is 9.37. The molecule has 2 heterocycles. The van der Waals surface area contributed by atoms with Crippen LogP contribution in [0.3, 0.4) is 0 Å². The van der Waals surface area contributed by atoms with E-state index in [1.807, 2.05) is 30.3 Å². The van der Waals surface area contributed by atoms with Crippen molar-refractivity contribution in [2.75, 3.05) is 23.6 Å². The van der Waals surface area contributed by atoms with Gasteiger partial charge in [0.1, 0.15) is 6.04 Å². The summed E-state index contributed by atoms with van der Waals surface area (Å²) in [7, 11) is 0. The normalized spacial score (nSPS) is 18.4. The van der Waals surface area contributed by atoms with Crippen LogP contribution in [-0.2, 0) is 14.4 Å². The smallest absolute Gasteiger partial charge is 0.246 e. The predicted molar refractivity (Wildman–Crippen MR) is 106 cm³/mol. The lowest BCUT2D eigenvalue weighted by Gasteiger charge is -2.18. The summed E-state index contributed by atoms with van der Waals surface area (Å²) in [6, 6.07) is 13.6. The number of hydrogen-bond acceptors (Lipinski definition) is 5. The van der Waals surface area contributed by atoms with Crippen molar-refractivity contribution in [2.45, 2.75) is 19.4 Å². The molecule has 0 bridgehead atoms. The molecule has 2 aliphatic heterocycles. The molecule has 150 valence electrons. The van der Waals surface area contributed by atoms with Gasteiger partial charge < -0.3 is 25.0 Å². The maximum atomic E-state index is 12.6. The molecule has 2 aromatic carbocycles. The van der Waals surface area contributed by atoms with Gasteiger partial charge in [0.25, 0.3) is 0 Å². The Morgan fingerprint density at radius 2 is 1.86 bits per heavy atom. The van der Waals surface area contributed by atoms with Gasteiger partial charge in [-0.15, -0.1) is 0 Å². The summed E-state index contributed by atoms with van der Waals surface area (Å²) in [5, 5.41) is 5.45. The molecule has 8 heteroatoms. The largest absolute Gasteiger partial charge is 0.454 e. The Morgan fingerprint density at radius 1 is 1.10 bits per heavy atom. The lowest BCUT2D eigenvalue weighted by molar-refractivity contribution is -0.129. The van der Waals surface area contributed by atoms with Crippen LogP contribution in [0.2, 0.25) is 0 Å². The van der Waals surface area contributed by atoms with E-state index in [0.717, 1.165) is 5.69 Å². The molecule has 0 aromatic heterocycles. The molecule has 0 radical (unpaired) electrons. The molecule has 29 heavy (non-hydrogen) atoms. The van der Waals surface area contributed by atoms with E-state index in [1.165, 1.54) is 0 Å². The lowest BCUT2D eigenvalue weighted by Crippen LogP contribution is -2.44. The highest BCUT2D eigenvalue weighted by Gasteiger charge is 2.36. The second kappa shape index (κ2) is 7.83. The van der Waals surface area contributed by atoms with Crippen molar-refractivity contribution in [3.05, 3.63) is 48.5 Å². The Kier molecular flexibility index (Phi) is 5.07. The van der Waals surface area contributed by atoms with Crippen LogP contribution in [0.15, 0.2) is 48.5 Å². The summed E-state index contributed by atoms with van der Waals surface area (Å²) in [4.78, 5) is 38.9. The van der Waals surface area contributed by atoms with E-state index in [1.54, 1.807) is 30.0 Å². The fraction of sp³-hybridized carbons (Fsp3) is 0.286. The minimum absolute atomic E-state index is 0.103. The van der Waals surface area contributed by atoms with Crippen LogP contribution in [0.5, 0.6) is 11.5 Å². The summed E-state index contributed by atoms with van der Waals surface area (Å²) in [6.07, 6.45) is 0.122. The number of para-hydroxylation sites is 1. The van der Waals surface area contributed by atoms with E-state index in [9.17, 15) is 14.4 Å². The van der Waals surface area contributed by atoms with Crippen LogP contribution in [0.25, 0.3) is 0 Å². The third-order valence-corrected chi connectivity index (χ3v) is 4.96. The lowest BCUT2D eigenvalue weighted by atomic mass is 10.1. The van der Waals surface area contributed by atoms with Crippen molar-refractivity contribution in [1.82, 2.24) is 5.32 Å². The van der Waals surface area contributed by atoms with Crippen molar-refractivity contribution in [3.8, 4) is 11.5 Å². The van der Waals surface area contributed by atoms with Crippen LogP contribution in [0.4, 0.5) is 11.4 Å². The van der Waals surface area contributed by atoms with Crippen molar-refractivity contribution >= 4 is 29.1 Å². The van der Waals surface area contributed by atoms with Gasteiger partial charge in [-0.2, -0.15) is 0 Å². The zero-order valence-electron chi connectivity index (χ0n) is 15.9. The van der Waals surface area contributed by atoms with Crippen molar-refractivity contribution in [3.63, 3.8) is 0 Å². The van der Waals surface area contributed by atoms with Gasteiger partial charge in [-0.25, -0.2) is 0 Å². The maximum absolute atomic E-state index is 12.6. The SMILES string of the molecule is C[C@H](NC(=O)[C@H]1CC(=O)N(c2ccccc2)C1)C(=O)Nc1ccc2c(c1)OCO2. The molecule has 2 aliphatic rings. The number of rotatable bonds is 5. The first kappa shape index (κ1) is 18.8. The molecule has 8 nitrogen and oxygen atoms in total. The second-order valence-electron chi connectivity index (χ2n) is 7.03. The van der Waals surface area contributed by atoms with E-state index in [2.05, 4.69) is 10.6 Å². The zero-order valence-corrected chi connectivity index (χ0v) is 15.9. The number of carbonyl (C=O) groups is 3. The van der Waals surface area contributed by atoms with Crippen LogP contribution < -0.4 is 25.0 Å². The Balaban J connectivity index is 1.33. The molecule has 0 spiro atoms. The van der Waals surface area contributed by atoms with Crippen molar-refractivity contribution < 1.29 is 23.9 Å². The fourth-order valence-electron chi connectivity index (χ4n) is 3.36.